The predicted octanol–water partition coefficient (Wildman–Crippen LogP) is 4.85. The highest BCUT2D eigenvalue weighted by Gasteiger charge is 2.26. The topological polar surface area (TPSA) is 3.24 Å². The molecule has 1 aromatic carbocycles. The molecule has 1 aromatic heterocycles. The number of thiophene rings is 1. The Morgan fingerprint density at radius 2 is 2.06 bits per heavy atom. The second-order valence-electron chi connectivity index (χ2n) is 4.77. The fourth-order valence-electron chi connectivity index (χ4n) is 2.64. The quantitative estimate of drug-likeness (QED) is 0.781. The van der Waals surface area contributed by atoms with E-state index >= 15 is 0 Å². The van der Waals surface area contributed by atoms with Gasteiger partial charge in [0.15, 0.2) is 0 Å². The van der Waals surface area contributed by atoms with Crippen LogP contribution in [-0.2, 0) is 6.54 Å². The van der Waals surface area contributed by atoms with Crippen molar-refractivity contribution >= 4 is 27.3 Å². The summed E-state index contributed by atoms with van der Waals surface area (Å²) in [4.78, 5) is 4.12. The number of halogens is 1. The molecule has 3 rings (SSSR count). The van der Waals surface area contributed by atoms with Crippen molar-refractivity contribution in [3.63, 3.8) is 0 Å². The molecule has 1 saturated heterocycles. The molecule has 1 unspecified atom stereocenters. The Morgan fingerprint density at radius 3 is 2.78 bits per heavy atom. The minimum atomic E-state index is 0.633. The van der Waals surface area contributed by atoms with Crippen LogP contribution in [0.2, 0.25) is 0 Å². The molecule has 1 aliphatic rings. The van der Waals surface area contributed by atoms with Crippen molar-refractivity contribution in [3.8, 4) is 0 Å². The van der Waals surface area contributed by atoms with Crippen molar-refractivity contribution in [2.24, 2.45) is 0 Å². The smallest absolute Gasteiger partial charge is 0.0445 e. The van der Waals surface area contributed by atoms with Gasteiger partial charge < -0.3 is 0 Å². The first-order valence-electron chi connectivity index (χ1n) is 6.35. The number of benzene rings is 1. The van der Waals surface area contributed by atoms with Crippen molar-refractivity contribution in [3.05, 3.63) is 56.7 Å². The fraction of sp³-hybridized carbons (Fsp3) is 0.333. The van der Waals surface area contributed by atoms with Gasteiger partial charge in [-0.15, -0.1) is 11.3 Å². The van der Waals surface area contributed by atoms with Gasteiger partial charge in [-0.3, -0.25) is 4.90 Å². The van der Waals surface area contributed by atoms with Crippen LogP contribution < -0.4 is 0 Å². The van der Waals surface area contributed by atoms with Crippen LogP contribution in [0, 0.1) is 0 Å². The lowest BCUT2D eigenvalue weighted by Gasteiger charge is -2.23. The Balaban J connectivity index is 1.73. The lowest BCUT2D eigenvalue weighted by atomic mass is 10.1. The van der Waals surface area contributed by atoms with Crippen LogP contribution in [0.25, 0.3) is 0 Å². The summed E-state index contributed by atoms with van der Waals surface area (Å²) >= 11 is 5.38. The summed E-state index contributed by atoms with van der Waals surface area (Å²) in [5, 5.41) is 2.19. The Bertz CT molecular complexity index is 492. The lowest BCUT2D eigenvalue weighted by molar-refractivity contribution is 0.251. The van der Waals surface area contributed by atoms with Crippen molar-refractivity contribution in [1.29, 1.82) is 0 Å². The third-order valence-corrected chi connectivity index (χ3v) is 5.04. The number of hydrogen-bond acceptors (Lipinski definition) is 2. The minimum absolute atomic E-state index is 0.633. The van der Waals surface area contributed by atoms with Crippen molar-refractivity contribution in [1.82, 2.24) is 4.90 Å². The molecule has 18 heavy (non-hydrogen) atoms. The maximum atomic E-state index is 3.49. The summed E-state index contributed by atoms with van der Waals surface area (Å²) in [5.74, 6) is 0. The van der Waals surface area contributed by atoms with Crippen molar-refractivity contribution in [2.45, 2.75) is 25.4 Å². The molecule has 2 heterocycles. The van der Waals surface area contributed by atoms with Gasteiger partial charge >= 0.3 is 0 Å². The van der Waals surface area contributed by atoms with Crippen LogP contribution in [0.5, 0.6) is 0 Å². The highest BCUT2D eigenvalue weighted by atomic mass is 79.9. The first-order chi connectivity index (χ1) is 8.83. The summed E-state index contributed by atoms with van der Waals surface area (Å²) < 4.78 is 1.16. The van der Waals surface area contributed by atoms with Crippen molar-refractivity contribution in [2.75, 3.05) is 6.54 Å². The van der Waals surface area contributed by atoms with E-state index in [1.165, 1.54) is 29.8 Å². The summed E-state index contributed by atoms with van der Waals surface area (Å²) in [7, 11) is 0. The zero-order chi connectivity index (χ0) is 12.4. The summed E-state index contributed by atoms with van der Waals surface area (Å²) in [6.07, 6.45) is 2.62. The molecule has 0 N–H and O–H groups in total. The van der Waals surface area contributed by atoms with Crippen LogP contribution in [0.4, 0.5) is 0 Å². The zero-order valence-corrected chi connectivity index (χ0v) is 12.6. The Morgan fingerprint density at radius 1 is 1.22 bits per heavy atom. The molecule has 0 amide bonds. The molecule has 0 aliphatic carbocycles. The molecule has 1 atom stereocenters. The standard InChI is InChI=1S/C15H16BrNS/c16-13-7-5-12(6-8-13)11-17-9-1-3-14(17)15-4-2-10-18-15/h2,4-8,10,14H,1,3,9,11H2. The molecule has 1 nitrogen and oxygen atoms in total. The van der Waals surface area contributed by atoms with Gasteiger partial charge in [0.1, 0.15) is 0 Å². The molecular formula is C15H16BrNS. The van der Waals surface area contributed by atoms with E-state index in [1.807, 2.05) is 11.3 Å². The average Bonchev–Trinajstić information content (AvgIpc) is 3.02. The van der Waals surface area contributed by atoms with E-state index in [-0.39, 0.29) is 0 Å². The van der Waals surface area contributed by atoms with Crippen LogP contribution in [0.1, 0.15) is 29.3 Å². The van der Waals surface area contributed by atoms with E-state index in [1.54, 1.807) is 0 Å². The molecule has 0 radical (unpaired) electrons. The van der Waals surface area contributed by atoms with Gasteiger partial charge in [0.2, 0.25) is 0 Å². The van der Waals surface area contributed by atoms with Gasteiger partial charge in [-0.25, -0.2) is 0 Å². The number of nitrogens with zero attached hydrogens (tertiary/aromatic N) is 1. The number of likely N-dealkylation sites (tertiary alicyclic amines) is 1. The largest absolute Gasteiger partial charge is 0.291 e. The zero-order valence-electron chi connectivity index (χ0n) is 10.2. The molecule has 2 aromatic rings. The Kier molecular flexibility index (Phi) is 3.83. The van der Waals surface area contributed by atoms with Crippen LogP contribution in [-0.4, -0.2) is 11.4 Å². The lowest BCUT2D eigenvalue weighted by Crippen LogP contribution is -2.22. The van der Waals surface area contributed by atoms with Crippen LogP contribution >= 0.6 is 27.3 Å². The molecule has 1 aliphatic heterocycles. The van der Waals surface area contributed by atoms with E-state index in [9.17, 15) is 0 Å². The van der Waals surface area contributed by atoms with Gasteiger partial charge in [0.05, 0.1) is 0 Å². The SMILES string of the molecule is Brc1ccc(CN2CCCC2c2cccs2)cc1. The Hall–Kier alpha value is -0.640. The predicted molar refractivity (Wildman–Crippen MR) is 80.8 cm³/mol. The molecule has 3 heteroatoms. The highest BCUT2D eigenvalue weighted by molar-refractivity contribution is 9.10. The summed E-state index contributed by atoms with van der Waals surface area (Å²) in [6.45, 7) is 2.29. The van der Waals surface area contributed by atoms with Gasteiger partial charge in [0.25, 0.3) is 0 Å². The molecule has 0 spiro atoms. The summed E-state index contributed by atoms with van der Waals surface area (Å²) in [6, 6.07) is 13.8. The molecule has 1 fully saturated rings. The second-order valence-corrected chi connectivity index (χ2v) is 6.67. The van der Waals surface area contributed by atoms with Gasteiger partial charge in [-0.2, -0.15) is 0 Å². The first-order valence-corrected chi connectivity index (χ1v) is 8.02. The van der Waals surface area contributed by atoms with E-state index in [4.69, 9.17) is 0 Å². The third kappa shape index (κ3) is 2.68. The second kappa shape index (κ2) is 5.55. The highest BCUT2D eigenvalue weighted by Crippen LogP contribution is 2.35. The normalized spacial score (nSPS) is 20.4. The Labute approximate surface area is 121 Å². The monoisotopic (exact) mass is 321 g/mol. The van der Waals surface area contributed by atoms with E-state index < -0.39 is 0 Å². The molecular weight excluding hydrogens is 306 g/mol. The number of hydrogen-bond donors (Lipinski definition) is 0. The minimum Gasteiger partial charge on any atom is -0.291 e. The summed E-state index contributed by atoms with van der Waals surface area (Å²) in [5.41, 5.74) is 1.40. The fourth-order valence-corrected chi connectivity index (χ4v) is 3.80. The molecule has 94 valence electrons. The van der Waals surface area contributed by atoms with Gasteiger partial charge in [-0.05, 0) is 48.5 Å². The van der Waals surface area contributed by atoms with Crippen LogP contribution in [0.15, 0.2) is 46.3 Å². The van der Waals surface area contributed by atoms with Crippen LogP contribution in [0.3, 0.4) is 0 Å². The molecule has 0 bridgehead atoms. The van der Waals surface area contributed by atoms with Crippen molar-refractivity contribution < 1.29 is 0 Å². The first kappa shape index (κ1) is 12.4. The van der Waals surface area contributed by atoms with E-state index in [0.29, 0.717) is 6.04 Å². The number of rotatable bonds is 3. The van der Waals surface area contributed by atoms with E-state index in [2.05, 4.69) is 62.6 Å². The maximum absolute atomic E-state index is 3.49. The average molecular weight is 322 g/mol. The van der Waals surface area contributed by atoms with Gasteiger partial charge in [0, 0.05) is 21.9 Å². The van der Waals surface area contributed by atoms with Gasteiger partial charge in [-0.1, -0.05) is 34.1 Å². The third-order valence-electron chi connectivity index (χ3n) is 3.53. The molecule has 0 saturated carbocycles. The van der Waals surface area contributed by atoms with E-state index in [0.717, 1.165) is 11.0 Å². The maximum Gasteiger partial charge on any atom is 0.0445 e.